The van der Waals surface area contributed by atoms with Crippen molar-refractivity contribution in [3.05, 3.63) is 33.9 Å². The molecule has 0 aliphatic carbocycles. The number of hydrogen-bond donors (Lipinski definition) is 2. The van der Waals surface area contributed by atoms with Crippen molar-refractivity contribution in [2.24, 2.45) is 0 Å². The molecule has 0 bridgehead atoms. The van der Waals surface area contributed by atoms with Gasteiger partial charge in [-0.15, -0.1) is 0 Å². The molecule has 2 N–H and O–H groups in total. The number of rotatable bonds is 4. The SMILES string of the molecule is COC(=O)C(O)Cc1cc(O)ccc1[N+](=O)[O-]. The first-order chi connectivity index (χ1) is 7.95. The van der Waals surface area contributed by atoms with Gasteiger partial charge < -0.3 is 14.9 Å². The molecule has 0 heterocycles. The molecule has 0 amide bonds. The van der Waals surface area contributed by atoms with Crippen molar-refractivity contribution in [3.63, 3.8) is 0 Å². The second-order valence-electron chi connectivity index (χ2n) is 3.31. The lowest BCUT2D eigenvalue weighted by Gasteiger charge is -2.08. The average molecular weight is 241 g/mol. The lowest BCUT2D eigenvalue weighted by Crippen LogP contribution is -2.24. The van der Waals surface area contributed by atoms with E-state index in [0.717, 1.165) is 25.3 Å². The molecule has 7 nitrogen and oxygen atoms in total. The Hall–Kier alpha value is -2.15. The van der Waals surface area contributed by atoms with E-state index in [0.29, 0.717) is 0 Å². The van der Waals surface area contributed by atoms with Crippen LogP contribution in [0.15, 0.2) is 18.2 Å². The van der Waals surface area contributed by atoms with Crippen molar-refractivity contribution in [1.29, 1.82) is 0 Å². The van der Waals surface area contributed by atoms with Gasteiger partial charge in [0.25, 0.3) is 5.69 Å². The van der Waals surface area contributed by atoms with Gasteiger partial charge in [0.1, 0.15) is 5.75 Å². The minimum absolute atomic E-state index is 0.0629. The summed E-state index contributed by atoms with van der Waals surface area (Å²) in [6.07, 6.45) is -1.79. The molecule has 1 aromatic carbocycles. The normalized spacial score (nSPS) is 11.9. The van der Waals surface area contributed by atoms with E-state index in [-0.39, 0.29) is 23.4 Å². The van der Waals surface area contributed by atoms with Crippen molar-refractivity contribution in [1.82, 2.24) is 0 Å². The first-order valence-electron chi connectivity index (χ1n) is 4.68. The molecule has 0 radical (unpaired) electrons. The molecule has 1 aromatic rings. The Kier molecular flexibility index (Phi) is 4.00. The highest BCUT2D eigenvalue weighted by atomic mass is 16.6. The van der Waals surface area contributed by atoms with Crippen molar-refractivity contribution in [2.45, 2.75) is 12.5 Å². The molecule has 0 fully saturated rings. The van der Waals surface area contributed by atoms with Crippen LogP contribution in [0, 0.1) is 10.1 Å². The Labute approximate surface area is 96.4 Å². The molecule has 1 unspecified atom stereocenters. The topological polar surface area (TPSA) is 110 Å². The third kappa shape index (κ3) is 3.15. The summed E-state index contributed by atoms with van der Waals surface area (Å²) in [5, 5.41) is 29.3. The lowest BCUT2D eigenvalue weighted by atomic mass is 10.1. The zero-order valence-electron chi connectivity index (χ0n) is 8.99. The van der Waals surface area contributed by atoms with E-state index in [1.54, 1.807) is 0 Å². The van der Waals surface area contributed by atoms with Crippen molar-refractivity contribution in [3.8, 4) is 5.75 Å². The third-order valence-electron chi connectivity index (χ3n) is 2.15. The van der Waals surface area contributed by atoms with E-state index in [9.17, 15) is 25.1 Å². The number of ether oxygens (including phenoxy) is 1. The van der Waals surface area contributed by atoms with E-state index in [4.69, 9.17) is 0 Å². The fourth-order valence-corrected chi connectivity index (χ4v) is 1.34. The average Bonchev–Trinajstić information content (AvgIpc) is 2.27. The zero-order chi connectivity index (χ0) is 13.0. The van der Waals surface area contributed by atoms with E-state index in [1.807, 2.05) is 0 Å². The summed E-state index contributed by atoms with van der Waals surface area (Å²) in [5.41, 5.74) is -0.210. The van der Waals surface area contributed by atoms with Gasteiger partial charge in [-0.2, -0.15) is 0 Å². The van der Waals surface area contributed by atoms with Gasteiger partial charge in [-0.05, 0) is 12.1 Å². The number of aliphatic hydroxyl groups is 1. The number of nitro groups is 1. The predicted molar refractivity (Wildman–Crippen MR) is 56.5 cm³/mol. The fourth-order valence-electron chi connectivity index (χ4n) is 1.34. The summed E-state index contributed by atoms with van der Waals surface area (Å²) in [7, 11) is 1.10. The van der Waals surface area contributed by atoms with Crippen LogP contribution in [-0.4, -0.2) is 34.3 Å². The first-order valence-corrected chi connectivity index (χ1v) is 4.68. The second-order valence-corrected chi connectivity index (χ2v) is 3.31. The molecule has 0 aliphatic rings. The molecule has 0 aromatic heterocycles. The van der Waals surface area contributed by atoms with Crippen LogP contribution in [0.25, 0.3) is 0 Å². The standard InChI is InChI=1S/C10H11NO6/c1-17-10(14)9(13)5-6-4-7(12)2-3-8(6)11(15)16/h2-4,9,12-13H,5H2,1H3. The summed E-state index contributed by atoms with van der Waals surface area (Å²) in [4.78, 5) is 21.0. The quantitative estimate of drug-likeness (QED) is 0.448. The number of methoxy groups -OCH3 is 1. The van der Waals surface area contributed by atoms with Crippen LogP contribution >= 0.6 is 0 Å². The summed E-state index contributed by atoms with van der Waals surface area (Å²) >= 11 is 0. The number of nitrogens with zero attached hydrogens (tertiary/aromatic N) is 1. The molecule has 0 saturated carbocycles. The van der Waals surface area contributed by atoms with Crippen molar-refractivity contribution in [2.75, 3.05) is 7.11 Å². The molecular weight excluding hydrogens is 230 g/mol. The smallest absolute Gasteiger partial charge is 0.335 e. The first kappa shape index (κ1) is 12.9. The number of esters is 1. The van der Waals surface area contributed by atoms with E-state index >= 15 is 0 Å². The Morgan fingerprint density at radius 3 is 2.76 bits per heavy atom. The van der Waals surface area contributed by atoms with Crippen LogP contribution < -0.4 is 0 Å². The zero-order valence-corrected chi connectivity index (χ0v) is 8.99. The molecule has 0 spiro atoms. The van der Waals surface area contributed by atoms with Gasteiger partial charge in [0.05, 0.1) is 12.0 Å². The van der Waals surface area contributed by atoms with Gasteiger partial charge in [-0.3, -0.25) is 10.1 Å². The maximum absolute atomic E-state index is 11.0. The molecule has 0 aliphatic heterocycles. The van der Waals surface area contributed by atoms with Gasteiger partial charge in [0.2, 0.25) is 0 Å². The fraction of sp³-hybridized carbons (Fsp3) is 0.300. The Bertz CT molecular complexity index is 444. The number of carbonyl (C=O) groups is 1. The molecule has 0 saturated heterocycles. The van der Waals surface area contributed by atoms with Crippen molar-refractivity contribution >= 4 is 11.7 Å². The van der Waals surface area contributed by atoms with E-state index < -0.39 is 17.0 Å². The molecule has 17 heavy (non-hydrogen) atoms. The Morgan fingerprint density at radius 2 is 2.24 bits per heavy atom. The van der Waals surface area contributed by atoms with E-state index in [1.165, 1.54) is 0 Å². The summed E-state index contributed by atoms with van der Waals surface area (Å²) < 4.78 is 4.29. The summed E-state index contributed by atoms with van der Waals surface area (Å²) in [6, 6.07) is 3.39. The van der Waals surface area contributed by atoms with Crippen LogP contribution in [0.1, 0.15) is 5.56 Å². The molecule has 1 rings (SSSR count). The monoisotopic (exact) mass is 241 g/mol. The minimum Gasteiger partial charge on any atom is -0.508 e. The van der Waals surface area contributed by atoms with Crippen LogP contribution in [0.2, 0.25) is 0 Å². The third-order valence-corrected chi connectivity index (χ3v) is 2.15. The highest BCUT2D eigenvalue weighted by molar-refractivity contribution is 5.74. The highest BCUT2D eigenvalue weighted by Gasteiger charge is 2.22. The van der Waals surface area contributed by atoms with Crippen LogP contribution in [0.5, 0.6) is 5.75 Å². The predicted octanol–water partition coefficient (Wildman–Crippen LogP) is 0.377. The summed E-state index contributed by atoms with van der Waals surface area (Å²) in [6.45, 7) is 0. The number of hydrogen-bond acceptors (Lipinski definition) is 6. The molecule has 92 valence electrons. The number of phenolic OH excluding ortho intramolecular Hbond substituents is 1. The largest absolute Gasteiger partial charge is 0.508 e. The minimum atomic E-state index is -1.50. The van der Waals surface area contributed by atoms with Crippen LogP contribution in [-0.2, 0) is 16.0 Å². The van der Waals surface area contributed by atoms with Gasteiger partial charge in [-0.25, -0.2) is 4.79 Å². The number of phenols is 1. The maximum Gasteiger partial charge on any atom is 0.335 e. The van der Waals surface area contributed by atoms with Gasteiger partial charge >= 0.3 is 5.97 Å². The Morgan fingerprint density at radius 1 is 1.59 bits per heavy atom. The Balaban J connectivity index is 3.00. The number of carbonyl (C=O) groups excluding carboxylic acids is 1. The number of aliphatic hydroxyl groups excluding tert-OH is 1. The van der Waals surface area contributed by atoms with Gasteiger partial charge in [0.15, 0.2) is 6.10 Å². The summed E-state index contributed by atoms with van der Waals surface area (Å²) in [5.74, 6) is -1.06. The highest BCUT2D eigenvalue weighted by Crippen LogP contribution is 2.24. The maximum atomic E-state index is 11.0. The van der Waals surface area contributed by atoms with Crippen molar-refractivity contribution < 1.29 is 24.7 Å². The number of nitro benzene ring substituents is 1. The van der Waals surface area contributed by atoms with Gasteiger partial charge in [0, 0.05) is 18.1 Å². The molecule has 7 heteroatoms. The number of benzene rings is 1. The van der Waals surface area contributed by atoms with E-state index in [2.05, 4.69) is 4.74 Å². The number of aromatic hydroxyl groups is 1. The second kappa shape index (κ2) is 5.26. The molecular formula is C10H11NO6. The van der Waals surface area contributed by atoms with Crippen LogP contribution in [0.3, 0.4) is 0 Å². The molecule has 1 atom stereocenters. The lowest BCUT2D eigenvalue weighted by molar-refractivity contribution is -0.385. The van der Waals surface area contributed by atoms with Gasteiger partial charge in [-0.1, -0.05) is 0 Å². The van der Waals surface area contributed by atoms with Crippen LogP contribution in [0.4, 0.5) is 5.69 Å².